The predicted octanol–water partition coefficient (Wildman–Crippen LogP) is 2.28. The molecule has 0 aliphatic rings. The molecule has 0 aromatic carbocycles. The lowest BCUT2D eigenvalue weighted by Gasteiger charge is -1.97. The van der Waals surface area contributed by atoms with Crippen molar-refractivity contribution in [3.05, 3.63) is 29.3 Å². The van der Waals surface area contributed by atoms with Crippen LogP contribution >= 0.6 is 11.3 Å². The molecule has 2 rings (SSSR count). The first-order valence-corrected chi connectivity index (χ1v) is 6.75. The third kappa shape index (κ3) is 3.54. The van der Waals surface area contributed by atoms with Crippen molar-refractivity contribution >= 4 is 11.3 Å². The highest BCUT2D eigenvalue weighted by Crippen LogP contribution is 2.23. The Morgan fingerprint density at radius 3 is 3.00 bits per heavy atom. The maximum absolute atomic E-state index is 13.0. The van der Waals surface area contributed by atoms with Crippen LogP contribution in [-0.4, -0.2) is 28.3 Å². The molecule has 18 heavy (non-hydrogen) atoms. The summed E-state index contributed by atoms with van der Waals surface area (Å²) < 4.78 is 13.0. The summed E-state index contributed by atoms with van der Waals surface area (Å²) >= 11 is 1.50. The van der Waals surface area contributed by atoms with Gasteiger partial charge in [-0.25, -0.2) is 4.39 Å². The number of pyridine rings is 1. The summed E-state index contributed by atoms with van der Waals surface area (Å²) in [5, 5.41) is 13.1. The van der Waals surface area contributed by atoms with Crippen molar-refractivity contribution in [3.8, 4) is 10.6 Å². The maximum Gasteiger partial charge on any atom is 0.149 e. The largest absolute Gasteiger partial charge is 0.317 e. The molecule has 4 nitrogen and oxygen atoms in total. The van der Waals surface area contributed by atoms with Crippen LogP contribution in [0.5, 0.6) is 0 Å². The van der Waals surface area contributed by atoms with Crippen LogP contribution in [0.1, 0.15) is 18.4 Å². The van der Waals surface area contributed by atoms with Crippen LogP contribution in [-0.2, 0) is 6.42 Å². The standard InChI is InChI=1S/C12H15FN4S/c1-2-14-5-3-4-11-16-17-12(18-11)9-6-10(13)8-15-7-9/h6-8,14H,2-5H2,1H3. The van der Waals surface area contributed by atoms with Crippen LogP contribution in [0, 0.1) is 5.82 Å². The maximum atomic E-state index is 13.0. The fourth-order valence-electron chi connectivity index (χ4n) is 1.54. The van der Waals surface area contributed by atoms with Gasteiger partial charge in [0.2, 0.25) is 0 Å². The minimum absolute atomic E-state index is 0.351. The third-order valence-electron chi connectivity index (χ3n) is 2.41. The van der Waals surface area contributed by atoms with Gasteiger partial charge in [-0.3, -0.25) is 4.98 Å². The molecule has 96 valence electrons. The molecule has 0 saturated heterocycles. The van der Waals surface area contributed by atoms with Gasteiger partial charge >= 0.3 is 0 Å². The Labute approximate surface area is 109 Å². The van der Waals surface area contributed by atoms with Crippen molar-refractivity contribution < 1.29 is 4.39 Å². The van der Waals surface area contributed by atoms with Crippen LogP contribution < -0.4 is 5.32 Å². The summed E-state index contributed by atoms with van der Waals surface area (Å²) in [6.07, 6.45) is 4.71. The van der Waals surface area contributed by atoms with E-state index >= 15 is 0 Å². The van der Waals surface area contributed by atoms with Gasteiger partial charge in [-0.05, 0) is 25.6 Å². The Bertz CT molecular complexity index is 500. The molecule has 2 heterocycles. The van der Waals surface area contributed by atoms with E-state index in [0.717, 1.165) is 35.9 Å². The molecule has 0 spiro atoms. The second-order valence-corrected chi connectivity index (χ2v) is 4.91. The summed E-state index contributed by atoms with van der Waals surface area (Å²) in [6.45, 7) is 4.04. The Hall–Kier alpha value is -1.40. The first-order chi connectivity index (χ1) is 8.79. The van der Waals surface area contributed by atoms with Gasteiger partial charge in [0.05, 0.1) is 6.20 Å². The molecule has 0 atom stereocenters. The number of halogens is 1. The lowest BCUT2D eigenvalue weighted by Crippen LogP contribution is -2.14. The second-order valence-electron chi connectivity index (χ2n) is 3.85. The monoisotopic (exact) mass is 266 g/mol. The van der Waals surface area contributed by atoms with Gasteiger partial charge in [0.25, 0.3) is 0 Å². The van der Waals surface area contributed by atoms with Crippen molar-refractivity contribution in [2.45, 2.75) is 19.8 Å². The van der Waals surface area contributed by atoms with Crippen molar-refractivity contribution in [1.82, 2.24) is 20.5 Å². The Morgan fingerprint density at radius 1 is 1.33 bits per heavy atom. The van der Waals surface area contributed by atoms with Crippen molar-refractivity contribution in [2.24, 2.45) is 0 Å². The van der Waals surface area contributed by atoms with Gasteiger partial charge in [0, 0.05) is 18.2 Å². The van der Waals surface area contributed by atoms with E-state index in [1.165, 1.54) is 23.6 Å². The molecule has 6 heteroatoms. The number of aryl methyl sites for hydroxylation is 1. The Morgan fingerprint density at radius 2 is 2.22 bits per heavy atom. The predicted molar refractivity (Wildman–Crippen MR) is 70.0 cm³/mol. The number of hydrogen-bond acceptors (Lipinski definition) is 5. The summed E-state index contributed by atoms with van der Waals surface area (Å²) in [5.74, 6) is -0.351. The van der Waals surface area contributed by atoms with Gasteiger partial charge in [-0.1, -0.05) is 18.3 Å². The Kier molecular flexibility index (Phi) is 4.72. The SMILES string of the molecule is CCNCCCc1nnc(-c2cncc(F)c2)s1. The highest BCUT2D eigenvalue weighted by Gasteiger charge is 2.07. The molecule has 0 fully saturated rings. The number of aromatic nitrogens is 3. The second kappa shape index (κ2) is 6.51. The van der Waals surface area contributed by atoms with E-state index in [1.54, 1.807) is 6.20 Å². The zero-order valence-corrected chi connectivity index (χ0v) is 11.0. The van der Waals surface area contributed by atoms with E-state index in [9.17, 15) is 4.39 Å². The molecule has 1 N–H and O–H groups in total. The molecule has 0 amide bonds. The van der Waals surface area contributed by atoms with Crippen LogP contribution in [0.2, 0.25) is 0 Å². The smallest absolute Gasteiger partial charge is 0.149 e. The zero-order valence-electron chi connectivity index (χ0n) is 10.2. The molecule has 0 radical (unpaired) electrons. The first kappa shape index (κ1) is 13.0. The number of rotatable bonds is 6. The van der Waals surface area contributed by atoms with Gasteiger partial charge < -0.3 is 5.32 Å². The van der Waals surface area contributed by atoms with Crippen molar-refractivity contribution in [1.29, 1.82) is 0 Å². The minimum Gasteiger partial charge on any atom is -0.317 e. The normalized spacial score (nSPS) is 10.8. The van der Waals surface area contributed by atoms with Crippen LogP contribution in [0.15, 0.2) is 18.5 Å². The summed E-state index contributed by atoms with van der Waals surface area (Å²) in [5.41, 5.74) is 0.686. The lowest BCUT2D eigenvalue weighted by molar-refractivity contribution is 0.622. The molecule has 0 saturated carbocycles. The lowest BCUT2D eigenvalue weighted by atomic mass is 10.3. The molecule has 0 bridgehead atoms. The van der Waals surface area contributed by atoms with E-state index in [2.05, 4.69) is 27.4 Å². The van der Waals surface area contributed by atoms with Crippen LogP contribution in [0.25, 0.3) is 10.6 Å². The van der Waals surface area contributed by atoms with E-state index in [4.69, 9.17) is 0 Å². The van der Waals surface area contributed by atoms with E-state index < -0.39 is 0 Å². The zero-order chi connectivity index (χ0) is 12.8. The highest BCUT2D eigenvalue weighted by atomic mass is 32.1. The van der Waals surface area contributed by atoms with E-state index in [-0.39, 0.29) is 5.82 Å². The number of nitrogens with zero attached hydrogens (tertiary/aromatic N) is 3. The van der Waals surface area contributed by atoms with E-state index in [0.29, 0.717) is 5.56 Å². The molecular formula is C12H15FN4S. The van der Waals surface area contributed by atoms with Crippen molar-refractivity contribution in [3.63, 3.8) is 0 Å². The fourth-order valence-corrected chi connectivity index (χ4v) is 2.40. The fraction of sp³-hybridized carbons (Fsp3) is 0.417. The number of hydrogen-bond donors (Lipinski definition) is 1. The topological polar surface area (TPSA) is 50.7 Å². The molecule has 0 unspecified atom stereocenters. The van der Waals surface area contributed by atoms with Gasteiger partial charge in [-0.2, -0.15) is 0 Å². The van der Waals surface area contributed by atoms with Gasteiger partial charge in [-0.15, -0.1) is 10.2 Å². The van der Waals surface area contributed by atoms with E-state index in [1.807, 2.05) is 0 Å². The van der Waals surface area contributed by atoms with Crippen LogP contribution in [0.4, 0.5) is 4.39 Å². The molecule has 0 aliphatic carbocycles. The van der Waals surface area contributed by atoms with Crippen molar-refractivity contribution in [2.75, 3.05) is 13.1 Å². The third-order valence-corrected chi connectivity index (χ3v) is 3.44. The van der Waals surface area contributed by atoms with Gasteiger partial charge in [0.15, 0.2) is 0 Å². The quantitative estimate of drug-likeness (QED) is 0.815. The van der Waals surface area contributed by atoms with Crippen LogP contribution in [0.3, 0.4) is 0 Å². The number of nitrogens with one attached hydrogen (secondary N) is 1. The summed E-state index contributed by atoms with van der Waals surface area (Å²) in [6, 6.07) is 1.43. The minimum atomic E-state index is -0.351. The molecule has 2 aromatic heterocycles. The van der Waals surface area contributed by atoms with Gasteiger partial charge in [0.1, 0.15) is 15.8 Å². The molecule has 0 aliphatic heterocycles. The molecule has 2 aromatic rings. The average Bonchev–Trinajstić information content (AvgIpc) is 2.83. The highest BCUT2D eigenvalue weighted by molar-refractivity contribution is 7.14. The first-order valence-electron chi connectivity index (χ1n) is 5.93. The molecular weight excluding hydrogens is 251 g/mol. The summed E-state index contributed by atoms with van der Waals surface area (Å²) in [7, 11) is 0. The average molecular weight is 266 g/mol. The summed E-state index contributed by atoms with van der Waals surface area (Å²) in [4.78, 5) is 3.81. The Balaban J connectivity index is 1.97.